The number of hydrogen-bond donors (Lipinski definition) is 0. The Bertz CT molecular complexity index is 162. The van der Waals surface area contributed by atoms with Crippen LogP contribution in [-0.4, -0.2) is 27.8 Å². The maximum absolute atomic E-state index is 11.5. The minimum atomic E-state index is -1.06. The fourth-order valence-corrected chi connectivity index (χ4v) is 2.38. The van der Waals surface area contributed by atoms with Gasteiger partial charge in [0.1, 0.15) is 5.25 Å². The molecule has 0 bridgehead atoms. The number of carbonyl (C=O) groups excluding carboxylic acids is 1. The van der Waals surface area contributed by atoms with Crippen LogP contribution in [0.15, 0.2) is 0 Å². The quantitative estimate of drug-likeness (QED) is 0.618. The summed E-state index contributed by atoms with van der Waals surface area (Å²) in [6.45, 7) is 5.93. The van der Waals surface area contributed by atoms with Crippen LogP contribution >= 0.6 is 0 Å². The van der Waals surface area contributed by atoms with Gasteiger partial charge in [0.2, 0.25) is 0 Å². The zero-order chi connectivity index (χ0) is 10.3. The van der Waals surface area contributed by atoms with Gasteiger partial charge in [-0.1, -0.05) is 13.8 Å². The van der Waals surface area contributed by atoms with E-state index < -0.39 is 16.0 Å². The van der Waals surface area contributed by atoms with Crippen molar-refractivity contribution in [2.24, 2.45) is 0 Å². The van der Waals surface area contributed by atoms with E-state index in [-0.39, 0.29) is 5.97 Å². The summed E-state index contributed by atoms with van der Waals surface area (Å²) in [6, 6.07) is 0. The fourth-order valence-electron chi connectivity index (χ4n) is 1.04. The van der Waals surface area contributed by atoms with Gasteiger partial charge in [0.15, 0.2) is 0 Å². The summed E-state index contributed by atoms with van der Waals surface area (Å²) in [7, 11) is -1.06. The molecule has 4 heteroatoms. The molecule has 0 radical (unpaired) electrons. The van der Waals surface area contributed by atoms with Crippen LogP contribution in [0.1, 0.15) is 33.6 Å². The first kappa shape index (κ1) is 12.6. The van der Waals surface area contributed by atoms with Gasteiger partial charge >= 0.3 is 5.97 Å². The summed E-state index contributed by atoms with van der Waals surface area (Å²) < 4.78 is 16.3. The van der Waals surface area contributed by atoms with Crippen LogP contribution in [0.4, 0.5) is 0 Å². The van der Waals surface area contributed by atoms with Crippen molar-refractivity contribution in [1.82, 2.24) is 0 Å². The van der Waals surface area contributed by atoms with Crippen LogP contribution in [-0.2, 0) is 20.3 Å². The SMILES string of the molecule is CCCS(=O)C(CC)C(=O)OCC. The van der Waals surface area contributed by atoms with Crippen molar-refractivity contribution in [1.29, 1.82) is 0 Å². The zero-order valence-corrected chi connectivity index (χ0v) is 9.36. The number of carbonyl (C=O) groups is 1. The van der Waals surface area contributed by atoms with E-state index in [2.05, 4.69) is 0 Å². The molecule has 0 aromatic heterocycles. The van der Waals surface area contributed by atoms with Gasteiger partial charge in [-0.15, -0.1) is 0 Å². The van der Waals surface area contributed by atoms with Gasteiger partial charge in [-0.25, -0.2) is 0 Å². The summed E-state index contributed by atoms with van der Waals surface area (Å²) in [6.07, 6.45) is 1.42. The van der Waals surface area contributed by atoms with Crippen molar-refractivity contribution >= 4 is 16.8 Å². The summed E-state index contributed by atoms with van der Waals surface area (Å²) in [5, 5.41) is -0.431. The Morgan fingerprint density at radius 3 is 2.38 bits per heavy atom. The van der Waals surface area contributed by atoms with Gasteiger partial charge in [0.25, 0.3) is 0 Å². The van der Waals surface area contributed by atoms with Gasteiger partial charge in [-0.3, -0.25) is 9.00 Å². The molecule has 78 valence electrons. The maximum Gasteiger partial charge on any atom is 0.321 e. The number of hydrogen-bond acceptors (Lipinski definition) is 3. The third-order valence-corrected chi connectivity index (χ3v) is 3.61. The first-order valence-electron chi connectivity index (χ1n) is 4.71. The Hall–Kier alpha value is -0.380. The Labute approximate surface area is 82.3 Å². The highest BCUT2D eigenvalue weighted by atomic mass is 32.2. The van der Waals surface area contributed by atoms with Crippen molar-refractivity contribution in [3.63, 3.8) is 0 Å². The summed E-state index contributed by atoms with van der Waals surface area (Å²) >= 11 is 0. The van der Waals surface area contributed by atoms with Gasteiger partial charge in [0, 0.05) is 16.6 Å². The molecular weight excluding hydrogens is 188 g/mol. The lowest BCUT2D eigenvalue weighted by molar-refractivity contribution is -0.142. The third kappa shape index (κ3) is 4.41. The molecule has 0 aromatic rings. The monoisotopic (exact) mass is 206 g/mol. The lowest BCUT2D eigenvalue weighted by Crippen LogP contribution is -2.28. The predicted molar refractivity (Wildman–Crippen MR) is 54.0 cm³/mol. The van der Waals surface area contributed by atoms with Gasteiger partial charge in [0.05, 0.1) is 6.61 Å². The molecule has 0 N–H and O–H groups in total. The number of rotatable bonds is 6. The molecule has 0 aromatic carbocycles. The van der Waals surface area contributed by atoms with Crippen LogP contribution in [0.2, 0.25) is 0 Å². The normalized spacial score (nSPS) is 15.0. The molecule has 0 rings (SSSR count). The summed E-state index contributed by atoms with van der Waals surface area (Å²) in [5.74, 6) is 0.258. The highest BCUT2D eigenvalue weighted by molar-refractivity contribution is 7.86. The minimum Gasteiger partial charge on any atom is -0.465 e. The predicted octanol–water partition coefficient (Wildman–Crippen LogP) is 1.49. The lowest BCUT2D eigenvalue weighted by Gasteiger charge is -2.12. The van der Waals surface area contributed by atoms with Gasteiger partial charge in [-0.2, -0.15) is 0 Å². The van der Waals surface area contributed by atoms with Crippen LogP contribution < -0.4 is 0 Å². The molecule has 2 unspecified atom stereocenters. The summed E-state index contributed by atoms with van der Waals surface area (Å²) in [4.78, 5) is 11.3. The minimum absolute atomic E-state index is 0.322. The number of ether oxygens (including phenoxy) is 1. The number of esters is 1. The highest BCUT2D eigenvalue weighted by Gasteiger charge is 2.23. The fraction of sp³-hybridized carbons (Fsp3) is 0.889. The lowest BCUT2D eigenvalue weighted by atomic mass is 10.3. The van der Waals surface area contributed by atoms with E-state index in [1.807, 2.05) is 13.8 Å². The van der Waals surface area contributed by atoms with E-state index in [1.165, 1.54) is 0 Å². The molecule has 0 aliphatic heterocycles. The Morgan fingerprint density at radius 1 is 1.38 bits per heavy atom. The largest absolute Gasteiger partial charge is 0.465 e. The van der Waals surface area contributed by atoms with Gasteiger partial charge in [-0.05, 0) is 19.8 Å². The molecule has 0 amide bonds. The Kier molecular flexibility index (Phi) is 6.86. The van der Waals surface area contributed by atoms with Crippen molar-refractivity contribution < 1.29 is 13.7 Å². The average molecular weight is 206 g/mol. The molecule has 0 fully saturated rings. The molecule has 3 nitrogen and oxygen atoms in total. The molecule has 0 aliphatic carbocycles. The maximum atomic E-state index is 11.5. The van der Waals surface area contributed by atoms with Crippen molar-refractivity contribution in [2.45, 2.75) is 38.9 Å². The average Bonchev–Trinajstić information content (AvgIpc) is 2.06. The van der Waals surface area contributed by atoms with Crippen LogP contribution in [0.3, 0.4) is 0 Å². The van der Waals surface area contributed by atoms with Gasteiger partial charge < -0.3 is 4.74 Å². The zero-order valence-electron chi connectivity index (χ0n) is 8.54. The Morgan fingerprint density at radius 2 is 2.00 bits per heavy atom. The topological polar surface area (TPSA) is 43.4 Å². The van der Waals surface area contributed by atoms with Crippen LogP contribution in [0.25, 0.3) is 0 Å². The highest BCUT2D eigenvalue weighted by Crippen LogP contribution is 2.06. The smallest absolute Gasteiger partial charge is 0.321 e. The molecule has 0 aliphatic rings. The van der Waals surface area contributed by atoms with E-state index in [1.54, 1.807) is 6.92 Å². The Balaban J connectivity index is 4.15. The van der Waals surface area contributed by atoms with E-state index in [0.717, 1.165) is 6.42 Å². The molecule has 13 heavy (non-hydrogen) atoms. The van der Waals surface area contributed by atoms with E-state index in [0.29, 0.717) is 18.8 Å². The second-order valence-electron chi connectivity index (χ2n) is 2.73. The van der Waals surface area contributed by atoms with E-state index >= 15 is 0 Å². The van der Waals surface area contributed by atoms with E-state index in [9.17, 15) is 9.00 Å². The van der Waals surface area contributed by atoms with Crippen molar-refractivity contribution in [2.75, 3.05) is 12.4 Å². The standard InChI is InChI=1S/C9H18O3S/c1-4-7-13(11)8(5-2)9(10)12-6-3/h8H,4-7H2,1-3H3. The molecule has 0 heterocycles. The second-order valence-corrected chi connectivity index (χ2v) is 4.47. The van der Waals surface area contributed by atoms with Crippen molar-refractivity contribution in [3.8, 4) is 0 Å². The molecule has 0 saturated heterocycles. The third-order valence-electron chi connectivity index (χ3n) is 1.64. The summed E-state index contributed by atoms with van der Waals surface area (Å²) in [5.41, 5.74) is 0. The van der Waals surface area contributed by atoms with Crippen LogP contribution in [0.5, 0.6) is 0 Å². The molecule has 0 spiro atoms. The van der Waals surface area contributed by atoms with Crippen molar-refractivity contribution in [3.05, 3.63) is 0 Å². The second kappa shape index (κ2) is 7.06. The van der Waals surface area contributed by atoms with E-state index in [4.69, 9.17) is 4.74 Å². The molecule has 0 saturated carbocycles. The first-order valence-corrected chi connectivity index (χ1v) is 6.09. The molecular formula is C9H18O3S. The molecule has 2 atom stereocenters. The first-order chi connectivity index (χ1) is 6.17. The van der Waals surface area contributed by atoms with Crippen LogP contribution in [0, 0.1) is 0 Å².